The molecule has 0 aliphatic rings. The predicted molar refractivity (Wildman–Crippen MR) is 317 cm³/mol. The third-order valence-corrected chi connectivity index (χ3v) is 14.4. The summed E-state index contributed by atoms with van der Waals surface area (Å²) in [6, 6.07) is 21.8. The molecule has 19 heteroatoms. The maximum Gasteiger partial charge on any atom is 0.501 e. The van der Waals surface area contributed by atoms with Gasteiger partial charge in [0.1, 0.15) is 23.0 Å². The lowest BCUT2D eigenvalue weighted by atomic mass is 9.86. The van der Waals surface area contributed by atoms with Crippen molar-refractivity contribution in [1.29, 1.82) is 0 Å². The van der Waals surface area contributed by atoms with Crippen LogP contribution in [0.25, 0.3) is 0 Å². The van der Waals surface area contributed by atoms with Gasteiger partial charge in [-0.25, -0.2) is 16.8 Å². The quantitative estimate of drug-likeness (QED) is 0.0508. The highest BCUT2D eigenvalue weighted by Crippen LogP contribution is 2.38. The lowest BCUT2D eigenvalue weighted by molar-refractivity contribution is -0.0436. The lowest BCUT2D eigenvalue weighted by Crippen LogP contribution is -2.24. The minimum Gasteiger partial charge on any atom is -0.493 e. The maximum absolute atomic E-state index is 12.6. The molecule has 13 nitrogen and oxygen atoms in total. The second-order valence-corrected chi connectivity index (χ2v) is 27.9. The number of methoxy groups -OCH3 is 1. The molecule has 8 N–H and O–H groups in total. The van der Waals surface area contributed by atoms with Crippen molar-refractivity contribution in [1.82, 2.24) is 0 Å². The van der Waals surface area contributed by atoms with Crippen molar-refractivity contribution in [2.24, 2.45) is 22.9 Å². The Hall–Kier alpha value is -4.08. The molecule has 4 rings (SSSR count). The van der Waals surface area contributed by atoms with Crippen LogP contribution in [-0.2, 0) is 64.2 Å². The van der Waals surface area contributed by atoms with Crippen LogP contribution in [0, 0.1) is 0 Å². The molecule has 0 aromatic heterocycles. The summed E-state index contributed by atoms with van der Waals surface area (Å²) in [4.78, 5) is -0.823. The fourth-order valence-electron chi connectivity index (χ4n) is 7.43. The third kappa shape index (κ3) is 26.0. The van der Waals surface area contributed by atoms with Crippen molar-refractivity contribution in [3.63, 3.8) is 0 Å². The van der Waals surface area contributed by atoms with Gasteiger partial charge in [0.25, 0.3) is 9.84 Å². The molecule has 0 bridgehead atoms. The Kier molecular flexibility index (Phi) is 30.4. The molecule has 0 atom stereocenters. The van der Waals surface area contributed by atoms with E-state index in [1.807, 2.05) is 50.7 Å². The number of benzene rings is 4. The summed E-state index contributed by atoms with van der Waals surface area (Å²) in [5.41, 5.74) is 23.6. The second kappa shape index (κ2) is 33.0. The van der Waals surface area contributed by atoms with Crippen LogP contribution in [-0.4, -0.2) is 94.6 Å². The molecule has 78 heavy (non-hydrogen) atoms. The molecule has 0 unspecified atom stereocenters. The summed E-state index contributed by atoms with van der Waals surface area (Å²) in [5, 5.41) is 0. The number of thioether (sulfide) groups is 1. The molecule has 0 radical (unpaired) electrons. The minimum absolute atomic E-state index is 0.0324. The molecule has 0 amide bonds. The molecule has 4 aromatic rings. The highest BCUT2D eigenvalue weighted by atomic mass is 32.2. The van der Waals surface area contributed by atoms with E-state index in [-0.39, 0.29) is 34.4 Å². The van der Waals surface area contributed by atoms with Gasteiger partial charge in [-0.1, -0.05) is 126 Å². The second-order valence-electron chi connectivity index (χ2n) is 23.0. The zero-order chi connectivity index (χ0) is 59.8. The number of ether oxygens (including phenoxy) is 5. The van der Waals surface area contributed by atoms with Crippen molar-refractivity contribution >= 4 is 31.4 Å². The summed E-state index contributed by atoms with van der Waals surface area (Å²) in [7, 11) is -6.74. The Morgan fingerprint density at radius 2 is 0.782 bits per heavy atom. The molecule has 444 valence electrons. The zero-order valence-corrected chi connectivity index (χ0v) is 51.8. The summed E-state index contributed by atoms with van der Waals surface area (Å²) in [6.45, 7) is 30.1. The smallest absolute Gasteiger partial charge is 0.493 e. The molecular formula is C59H95F3N4O9S3. The highest BCUT2D eigenvalue weighted by Gasteiger charge is 2.47. The van der Waals surface area contributed by atoms with Gasteiger partial charge in [-0.3, -0.25) is 0 Å². The van der Waals surface area contributed by atoms with Crippen molar-refractivity contribution in [2.45, 2.75) is 159 Å². The summed E-state index contributed by atoms with van der Waals surface area (Å²) in [6.07, 6.45) is 6.42. The number of sulfone groups is 2. The molecule has 0 heterocycles. The first-order valence-corrected chi connectivity index (χ1v) is 31.3. The first-order valence-electron chi connectivity index (χ1n) is 26.3. The van der Waals surface area contributed by atoms with Crippen molar-refractivity contribution < 1.29 is 53.7 Å². The Morgan fingerprint density at radius 1 is 0.474 bits per heavy atom. The fourth-order valence-corrected chi connectivity index (χ4v) is 9.50. The van der Waals surface area contributed by atoms with E-state index in [0.29, 0.717) is 64.6 Å². The number of nitrogens with two attached hydrogens (primary N) is 4. The maximum atomic E-state index is 12.6. The highest BCUT2D eigenvalue weighted by molar-refractivity contribution is 7.97. The van der Waals surface area contributed by atoms with Gasteiger partial charge in [0.2, 0.25) is 0 Å². The van der Waals surface area contributed by atoms with Crippen LogP contribution < -0.4 is 41.9 Å². The van der Waals surface area contributed by atoms with E-state index in [2.05, 4.69) is 105 Å². The summed E-state index contributed by atoms with van der Waals surface area (Å²) >= 11 is 1.83. The molecule has 0 saturated carbocycles. The standard InChI is InChI=1S/C15H25NO3S.C15H25NO2.C15H25NOS.C14H20F3NO3S/c1-15(2,3)13-7-6-12(11-20(4,17)18)10-14(13)19-9-5-8-16;1-15(2,3)13-7-6-12(11-17-4)10-14(13)18-9-5-8-16;1-15(2,3)13-7-6-12(11-18-4)10-14(13)17-9-5-8-16;1-13(2,3)11-6-5-10(22(19,20)14(15,16)17)9-12(11)21-8-4-7-18/h6-7,10H,5,8-9,11,16H2,1-4H3;2*6-7,10H,5,8-9,11,16H2,1-4H3;5-6,9H,4,7-8,18H2,1-3H3. The number of hydrogen-bond acceptors (Lipinski definition) is 14. The van der Waals surface area contributed by atoms with Gasteiger partial charge < -0.3 is 46.6 Å². The molecule has 0 aliphatic heterocycles. The van der Waals surface area contributed by atoms with Gasteiger partial charge >= 0.3 is 5.51 Å². The van der Waals surface area contributed by atoms with E-state index in [1.165, 1.54) is 29.0 Å². The van der Waals surface area contributed by atoms with Crippen LogP contribution >= 0.6 is 11.8 Å². The average Bonchev–Trinajstić information content (AvgIpc) is 3.31. The SMILES string of the molecule is CC(C)(C)c1ccc(CS(C)(=O)=O)cc1OCCCN.CC(C)(C)c1ccc(S(=O)(=O)C(F)(F)F)cc1OCCCN.COCc1ccc(C(C)(C)C)c(OCCCN)c1.CSCc1ccc(C(C)(C)C)c(OCCCN)c1. The van der Waals surface area contributed by atoms with Crippen molar-refractivity contribution in [2.75, 3.05) is 72.2 Å². The molecule has 0 spiro atoms. The van der Waals surface area contributed by atoms with Gasteiger partial charge in [-0.15, -0.1) is 0 Å². The van der Waals surface area contributed by atoms with Gasteiger partial charge in [0.15, 0.2) is 9.84 Å². The molecule has 0 saturated heterocycles. The number of halogens is 3. The number of rotatable bonds is 23. The monoisotopic (exact) mass is 1160 g/mol. The molecule has 4 aromatic carbocycles. The van der Waals surface area contributed by atoms with Crippen molar-refractivity contribution in [3.8, 4) is 23.0 Å². The normalized spacial score (nSPS) is 12.3. The van der Waals surface area contributed by atoms with Gasteiger partial charge in [-0.2, -0.15) is 24.9 Å². The Balaban J connectivity index is 0.000000522. The van der Waals surface area contributed by atoms with Crippen LogP contribution in [0.4, 0.5) is 13.2 Å². The number of alkyl halides is 3. The molecule has 0 aliphatic carbocycles. The summed E-state index contributed by atoms with van der Waals surface area (Å²) in [5.74, 6) is 3.91. The van der Waals surface area contributed by atoms with E-state index in [0.717, 1.165) is 71.1 Å². The topological polar surface area (TPSA) is 219 Å². The van der Waals surface area contributed by atoms with E-state index >= 15 is 0 Å². The van der Waals surface area contributed by atoms with Crippen LogP contribution in [0.5, 0.6) is 23.0 Å². The first-order chi connectivity index (χ1) is 36.0. The average molecular weight is 1160 g/mol. The van der Waals surface area contributed by atoms with E-state index in [1.54, 1.807) is 7.11 Å². The van der Waals surface area contributed by atoms with Gasteiger partial charge in [0, 0.05) is 19.1 Å². The van der Waals surface area contributed by atoms with E-state index in [4.69, 9.17) is 46.6 Å². The van der Waals surface area contributed by atoms with Gasteiger partial charge in [-0.05, 0) is 149 Å². The Morgan fingerprint density at radius 3 is 1.09 bits per heavy atom. The Labute approximate surface area is 471 Å². The first kappa shape index (κ1) is 71.9. The van der Waals surface area contributed by atoms with E-state index in [9.17, 15) is 30.0 Å². The number of hydrogen-bond donors (Lipinski definition) is 4. The lowest BCUT2D eigenvalue weighted by Gasteiger charge is -2.23. The van der Waals surface area contributed by atoms with Gasteiger partial charge in [0.05, 0.1) is 43.7 Å². The molecule has 0 fully saturated rings. The summed E-state index contributed by atoms with van der Waals surface area (Å²) < 4.78 is 112. The van der Waals surface area contributed by atoms with Crippen LogP contribution in [0.3, 0.4) is 0 Å². The third-order valence-electron chi connectivity index (χ3n) is 11.4. The minimum atomic E-state index is -5.40. The molecular weight excluding hydrogens is 1060 g/mol. The Bertz CT molecular complexity index is 2550. The largest absolute Gasteiger partial charge is 0.501 e. The van der Waals surface area contributed by atoms with Crippen LogP contribution in [0.1, 0.15) is 148 Å². The van der Waals surface area contributed by atoms with E-state index < -0.39 is 35.5 Å². The predicted octanol–water partition coefficient (Wildman–Crippen LogP) is 11.7. The van der Waals surface area contributed by atoms with Crippen LogP contribution in [0.2, 0.25) is 0 Å². The zero-order valence-electron chi connectivity index (χ0n) is 49.4. The van der Waals surface area contributed by atoms with Crippen molar-refractivity contribution in [3.05, 3.63) is 112 Å². The van der Waals surface area contributed by atoms with Crippen LogP contribution in [0.15, 0.2) is 77.7 Å². The fraction of sp³-hybridized carbons (Fsp3) is 0.593.